The van der Waals surface area contributed by atoms with Gasteiger partial charge in [0.25, 0.3) is 0 Å². The van der Waals surface area contributed by atoms with Crippen LogP contribution in [0.1, 0.15) is 5.56 Å². The quantitative estimate of drug-likeness (QED) is 0.786. The number of phenols is 1. The van der Waals surface area contributed by atoms with Crippen LogP contribution in [0.2, 0.25) is 0 Å². The van der Waals surface area contributed by atoms with Crippen LogP contribution in [-0.4, -0.2) is 31.4 Å². The minimum atomic E-state index is -0.280. The third-order valence-corrected chi connectivity index (χ3v) is 4.42. The number of aromatic hydroxyl groups is 1. The van der Waals surface area contributed by atoms with Gasteiger partial charge in [-0.05, 0) is 29.8 Å². The maximum absolute atomic E-state index is 13.1. The van der Waals surface area contributed by atoms with Crippen molar-refractivity contribution in [3.8, 4) is 17.1 Å². The average molecular weight is 326 g/mol. The van der Waals surface area contributed by atoms with E-state index >= 15 is 0 Å². The van der Waals surface area contributed by atoms with E-state index < -0.39 is 0 Å². The number of hydrogen-bond acceptors (Lipinski definition) is 5. The number of rotatable bonds is 2. The molecule has 0 aliphatic carbocycles. The molecule has 1 aliphatic rings. The van der Waals surface area contributed by atoms with Crippen molar-refractivity contribution in [3.05, 3.63) is 59.9 Å². The molecule has 0 unspecified atom stereocenters. The van der Waals surface area contributed by atoms with Crippen LogP contribution in [0.4, 0.5) is 4.39 Å². The summed E-state index contributed by atoms with van der Waals surface area (Å²) in [6, 6.07) is 13.1. The molecule has 1 N–H and O–H groups in total. The van der Waals surface area contributed by atoms with Crippen molar-refractivity contribution < 1.29 is 9.50 Å². The molecule has 2 heterocycles. The second kappa shape index (κ2) is 5.51. The molecule has 0 atom stereocenters. The number of para-hydroxylation sites is 1. The normalized spacial score (nSPS) is 13.5. The van der Waals surface area contributed by atoms with E-state index in [4.69, 9.17) is 0 Å². The number of hydrogen-bond donors (Lipinski definition) is 1. The van der Waals surface area contributed by atoms with Gasteiger partial charge in [-0.2, -0.15) is 9.78 Å². The number of aromatic nitrogens is 3. The molecule has 0 radical (unpaired) electrons. The van der Waals surface area contributed by atoms with Crippen molar-refractivity contribution >= 4 is 17.5 Å². The smallest absolute Gasteiger partial charge is 0.212 e. The second-order valence-electron chi connectivity index (χ2n) is 4.98. The van der Waals surface area contributed by atoms with E-state index in [0.29, 0.717) is 22.3 Å². The number of nitrogens with zero attached hydrogens (tertiary/aromatic N) is 4. The lowest BCUT2D eigenvalue weighted by atomic mass is 10.1. The summed E-state index contributed by atoms with van der Waals surface area (Å²) in [5.74, 6) is 0.948. The first-order valence-corrected chi connectivity index (χ1v) is 7.91. The Bertz CT molecular complexity index is 905. The van der Waals surface area contributed by atoms with Crippen LogP contribution in [0, 0.1) is 5.82 Å². The van der Waals surface area contributed by atoms with Crippen LogP contribution in [0.25, 0.3) is 11.4 Å². The molecule has 1 aliphatic heterocycles. The molecule has 23 heavy (non-hydrogen) atoms. The van der Waals surface area contributed by atoms with Gasteiger partial charge in [-0.3, -0.25) is 0 Å². The predicted molar refractivity (Wildman–Crippen MR) is 86.2 cm³/mol. The van der Waals surface area contributed by atoms with Crippen molar-refractivity contribution in [3.63, 3.8) is 0 Å². The van der Waals surface area contributed by atoms with Crippen molar-refractivity contribution in [1.82, 2.24) is 14.9 Å². The Kier molecular flexibility index (Phi) is 3.34. The zero-order valence-electron chi connectivity index (χ0n) is 11.8. The lowest BCUT2D eigenvalue weighted by Crippen LogP contribution is -2.13. The van der Waals surface area contributed by atoms with E-state index in [2.05, 4.69) is 15.3 Å². The fourth-order valence-corrected chi connectivity index (χ4v) is 3.18. The molecular formula is C16H11FN4OS. The molecule has 0 bridgehead atoms. The summed E-state index contributed by atoms with van der Waals surface area (Å²) in [5, 5.41) is 23.5. The first kappa shape index (κ1) is 14.0. The van der Waals surface area contributed by atoms with E-state index in [1.54, 1.807) is 35.0 Å². The summed E-state index contributed by atoms with van der Waals surface area (Å²) >= 11 is 1.50. The van der Waals surface area contributed by atoms with Crippen LogP contribution in [-0.2, 0) is 0 Å². The zero-order valence-corrected chi connectivity index (χ0v) is 12.7. The van der Waals surface area contributed by atoms with Gasteiger partial charge in [-0.15, -0.1) is 10.2 Å². The fraction of sp³-hybridized carbons (Fsp3) is 0.0625. The highest BCUT2D eigenvalue weighted by atomic mass is 32.2. The number of thioether (sulfide) groups is 1. The number of halogens is 1. The maximum Gasteiger partial charge on any atom is 0.212 e. The van der Waals surface area contributed by atoms with E-state index in [1.807, 2.05) is 6.07 Å². The zero-order chi connectivity index (χ0) is 15.8. The van der Waals surface area contributed by atoms with Crippen LogP contribution in [0.15, 0.2) is 58.8 Å². The number of phenolic OH excluding ortho intramolecular Hbond substituents is 1. The lowest BCUT2D eigenvalue weighted by molar-refractivity contribution is 0.476. The lowest BCUT2D eigenvalue weighted by Gasteiger charge is -2.14. The molecule has 2 aromatic carbocycles. The molecule has 0 spiro atoms. The van der Waals surface area contributed by atoms with Gasteiger partial charge in [0, 0.05) is 5.75 Å². The van der Waals surface area contributed by atoms with Gasteiger partial charge in [-0.25, -0.2) is 4.39 Å². The van der Waals surface area contributed by atoms with E-state index in [-0.39, 0.29) is 11.6 Å². The van der Waals surface area contributed by atoms with Crippen molar-refractivity contribution in [2.75, 3.05) is 5.75 Å². The maximum atomic E-state index is 13.1. The highest BCUT2D eigenvalue weighted by Crippen LogP contribution is 2.32. The van der Waals surface area contributed by atoms with Gasteiger partial charge in [0.05, 0.1) is 11.3 Å². The Morgan fingerprint density at radius 1 is 1.04 bits per heavy atom. The molecule has 114 valence electrons. The first-order valence-electron chi connectivity index (χ1n) is 6.93. The molecule has 0 saturated carbocycles. The summed E-state index contributed by atoms with van der Waals surface area (Å²) in [6.07, 6.45) is 0. The van der Waals surface area contributed by atoms with Gasteiger partial charge in [-0.1, -0.05) is 36.0 Å². The van der Waals surface area contributed by atoms with Gasteiger partial charge < -0.3 is 5.11 Å². The second-order valence-corrected chi connectivity index (χ2v) is 5.92. The van der Waals surface area contributed by atoms with E-state index in [0.717, 1.165) is 11.3 Å². The summed E-state index contributed by atoms with van der Waals surface area (Å²) in [6.45, 7) is 0. The fourth-order valence-electron chi connectivity index (χ4n) is 2.34. The molecule has 0 amide bonds. The van der Waals surface area contributed by atoms with Gasteiger partial charge in [0.1, 0.15) is 11.6 Å². The van der Waals surface area contributed by atoms with Gasteiger partial charge in [0.2, 0.25) is 5.16 Å². The predicted octanol–water partition coefficient (Wildman–Crippen LogP) is 3.15. The first-order chi connectivity index (χ1) is 11.2. The van der Waals surface area contributed by atoms with E-state index in [9.17, 15) is 9.50 Å². The van der Waals surface area contributed by atoms with Gasteiger partial charge >= 0.3 is 0 Å². The Morgan fingerprint density at radius 2 is 1.83 bits per heavy atom. The molecule has 0 fully saturated rings. The molecule has 3 aromatic rings. The number of fused-ring (bicyclic) bond motifs is 1. The number of benzene rings is 2. The largest absolute Gasteiger partial charge is 0.507 e. The molecule has 0 saturated heterocycles. The minimum Gasteiger partial charge on any atom is -0.507 e. The van der Waals surface area contributed by atoms with Crippen molar-refractivity contribution in [2.45, 2.75) is 5.16 Å². The molecule has 7 heteroatoms. The molecule has 5 nitrogen and oxygen atoms in total. The summed E-state index contributed by atoms with van der Waals surface area (Å²) < 4.78 is 14.7. The molecule has 4 rings (SSSR count). The van der Waals surface area contributed by atoms with Crippen molar-refractivity contribution in [1.29, 1.82) is 0 Å². The topological polar surface area (TPSA) is 63.3 Å². The molecular weight excluding hydrogens is 315 g/mol. The Morgan fingerprint density at radius 3 is 2.61 bits per heavy atom. The Hall–Kier alpha value is -2.67. The van der Waals surface area contributed by atoms with Crippen LogP contribution in [0.5, 0.6) is 5.75 Å². The minimum absolute atomic E-state index is 0.122. The summed E-state index contributed by atoms with van der Waals surface area (Å²) in [5.41, 5.74) is 2.22. The monoisotopic (exact) mass is 326 g/mol. The third kappa shape index (κ3) is 2.49. The Balaban J connectivity index is 1.81. The van der Waals surface area contributed by atoms with Crippen molar-refractivity contribution in [2.24, 2.45) is 5.10 Å². The van der Waals surface area contributed by atoms with Crippen LogP contribution >= 0.6 is 11.8 Å². The highest BCUT2D eigenvalue weighted by Gasteiger charge is 2.22. The third-order valence-electron chi connectivity index (χ3n) is 3.49. The average Bonchev–Trinajstić information content (AvgIpc) is 2.99. The van der Waals surface area contributed by atoms with Gasteiger partial charge in [0.15, 0.2) is 5.82 Å². The SMILES string of the molecule is Oc1ccccc1-c1nnc2n1N=C(c1ccc(F)cc1)CS2. The standard InChI is InChI=1S/C16H11FN4OS/c17-11-7-5-10(6-8-11)13-9-23-16-19-18-15(21(16)20-13)12-3-1-2-4-14(12)22/h1-8,22H,9H2. The molecule has 1 aromatic heterocycles. The van der Waals surface area contributed by atoms with Crippen LogP contribution < -0.4 is 0 Å². The summed E-state index contributed by atoms with van der Waals surface area (Å²) in [4.78, 5) is 0. The van der Waals surface area contributed by atoms with E-state index in [1.165, 1.54) is 23.9 Å². The summed E-state index contributed by atoms with van der Waals surface area (Å²) in [7, 11) is 0. The Labute approximate surface area is 135 Å². The highest BCUT2D eigenvalue weighted by molar-refractivity contribution is 7.99. The van der Waals surface area contributed by atoms with Crippen LogP contribution in [0.3, 0.4) is 0 Å².